The second-order valence-electron chi connectivity index (χ2n) is 4.63. The first-order chi connectivity index (χ1) is 9.36. The quantitative estimate of drug-likeness (QED) is 0.771. The minimum Gasteiger partial charge on any atom is -0.330 e. The molecule has 2 heteroatoms. The molecular formula is C17H16N2. The highest BCUT2D eigenvalue weighted by atomic mass is 14.7. The van der Waals surface area contributed by atoms with E-state index in [2.05, 4.69) is 42.5 Å². The van der Waals surface area contributed by atoms with Crippen LogP contribution in [0.5, 0.6) is 0 Å². The number of rotatable bonds is 3. The Labute approximate surface area is 112 Å². The number of nitrogens with two attached hydrogens (primary N) is 1. The third kappa shape index (κ3) is 2.49. The lowest BCUT2D eigenvalue weighted by Crippen LogP contribution is -2.02. The average molecular weight is 248 g/mol. The first kappa shape index (κ1) is 11.9. The molecule has 0 atom stereocenters. The maximum Gasteiger partial charge on any atom is 0.0709 e. The van der Waals surface area contributed by atoms with Gasteiger partial charge in [-0.05, 0) is 36.7 Å². The zero-order valence-electron chi connectivity index (χ0n) is 10.7. The van der Waals surface area contributed by atoms with Crippen LogP contribution in [-0.2, 0) is 6.42 Å². The Morgan fingerprint density at radius 3 is 2.68 bits per heavy atom. The topological polar surface area (TPSA) is 38.9 Å². The van der Waals surface area contributed by atoms with Crippen LogP contribution in [0.25, 0.3) is 22.2 Å². The number of nitrogens with zero attached hydrogens (tertiary/aromatic N) is 1. The maximum absolute atomic E-state index is 5.61. The Balaban J connectivity index is 2.05. The molecule has 94 valence electrons. The Morgan fingerprint density at radius 1 is 0.895 bits per heavy atom. The number of hydrogen-bond donors (Lipinski definition) is 1. The lowest BCUT2D eigenvalue weighted by atomic mass is 10.0. The number of aromatic nitrogens is 1. The van der Waals surface area contributed by atoms with Crippen molar-refractivity contribution >= 4 is 10.9 Å². The predicted molar refractivity (Wildman–Crippen MR) is 79.9 cm³/mol. The van der Waals surface area contributed by atoms with Gasteiger partial charge in [-0.1, -0.05) is 42.5 Å². The van der Waals surface area contributed by atoms with Gasteiger partial charge in [-0.3, -0.25) is 0 Å². The van der Waals surface area contributed by atoms with E-state index in [0.29, 0.717) is 6.54 Å². The summed E-state index contributed by atoms with van der Waals surface area (Å²) in [6, 6.07) is 20.8. The summed E-state index contributed by atoms with van der Waals surface area (Å²) in [5.74, 6) is 0. The summed E-state index contributed by atoms with van der Waals surface area (Å²) in [5.41, 5.74) is 10.1. The third-order valence-electron chi connectivity index (χ3n) is 3.25. The van der Waals surface area contributed by atoms with Crippen LogP contribution in [0.4, 0.5) is 0 Å². The van der Waals surface area contributed by atoms with Crippen LogP contribution in [0.2, 0.25) is 0 Å². The van der Waals surface area contributed by atoms with Gasteiger partial charge in [-0.15, -0.1) is 0 Å². The van der Waals surface area contributed by atoms with Crippen molar-refractivity contribution in [1.82, 2.24) is 4.98 Å². The first-order valence-corrected chi connectivity index (χ1v) is 6.52. The van der Waals surface area contributed by atoms with E-state index < -0.39 is 0 Å². The summed E-state index contributed by atoms with van der Waals surface area (Å²) in [7, 11) is 0. The van der Waals surface area contributed by atoms with E-state index in [1.54, 1.807) is 0 Å². The van der Waals surface area contributed by atoms with Crippen molar-refractivity contribution in [3.8, 4) is 11.3 Å². The second-order valence-corrected chi connectivity index (χ2v) is 4.63. The molecule has 0 radical (unpaired) electrons. The normalized spacial score (nSPS) is 10.8. The van der Waals surface area contributed by atoms with Crippen LogP contribution in [0, 0.1) is 0 Å². The molecule has 2 N–H and O–H groups in total. The lowest BCUT2D eigenvalue weighted by molar-refractivity contribution is 0.969. The summed E-state index contributed by atoms with van der Waals surface area (Å²) < 4.78 is 0. The molecule has 19 heavy (non-hydrogen) atoms. The molecule has 0 saturated heterocycles. The van der Waals surface area contributed by atoms with Crippen molar-refractivity contribution in [2.45, 2.75) is 6.42 Å². The van der Waals surface area contributed by atoms with Crippen LogP contribution < -0.4 is 5.73 Å². The van der Waals surface area contributed by atoms with Gasteiger partial charge in [0.1, 0.15) is 0 Å². The molecule has 0 aliphatic heterocycles. The van der Waals surface area contributed by atoms with Gasteiger partial charge in [0.2, 0.25) is 0 Å². The van der Waals surface area contributed by atoms with Gasteiger partial charge in [-0.2, -0.15) is 0 Å². The molecule has 1 heterocycles. The molecule has 3 aromatic rings. The molecule has 2 aromatic carbocycles. The molecule has 0 spiro atoms. The van der Waals surface area contributed by atoms with Gasteiger partial charge in [-0.25, -0.2) is 4.98 Å². The van der Waals surface area contributed by atoms with E-state index in [1.807, 2.05) is 18.2 Å². The molecule has 0 unspecified atom stereocenters. The Kier molecular flexibility index (Phi) is 3.25. The summed E-state index contributed by atoms with van der Waals surface area (Å²) >= 11 is 0. The summed E-state index contributed by atoms with van der Waals surface area (Å²) in [4.78, 5) is 4.72. The van der Waals surface area contributed by atoms with Crippen LogP contribution in [0.1, 0.15) is 5.56 Å². The average Bonchev–Trinajstić information content (AvgIpc) is 2.47. The van der Waals surface area contributed by atoms with Gasteiger partial charge in [0.15, 0.2) is 0 Å². The van der Waals surface area contributed by atoms with Gasteiger partial charge >= 0.3 is 0 Å². The zero-order valence-corrected chi connectivity index (χ0v) is 10.7. The highest BCUT2D eigenvalue weighted by Crippen LogP contribution is 2.21. The molecule has 0 aliphatic rings. The van der Waals surface area contributed by atoms with E-state index in [-0.39, 0.29) is 0 Å². The van der Waals surface area contributed by atoms with Crippen LogP contribution in [0.3, 0.4) is 0 Å². The van der Waals surface area contributed by atoms with Crippen LogP contribution in [0.15, 0.2) is 60.7 Å². The van der Waals surface area contributed by atoms with Gasteiger partial charge < -0.3 is 5.73 Å². The van der Waals surface area contributed by atoms with Crippen molar-refractivity contribution in [2.24, 2.45) is 5.73 Å². The summed E-state index contributed by atoms with van der Waals surface area (Å²) in [6.07, 6.45) is 0.904. The Morgan fingerprint density at radius 2 is 1.79 bits per heavy atom. The summed E-state index contributed by atoms with van der Waals surface area (Å²) in [5, 5.41) is 1.17. The zero-order chi connectivity index (χ0) is 13.1. The molecule has 2 nitrogen and oxygen atoms in total. The van der Waals surface area contributed by atoms with E-state index in [0.717, 1.165) is 23.2 Å². The minimum absolute atomic E-state index is 0.675. The second kappa shape index (κ2) is 5.21. The number of pyridine rings is 1. The van der Waals surface area contributed by atoms with Crippen molar-refractivity contribution in [3.63, 3.8) is 0 Å². The van der Waals surface area contributed by atoms with E-state index in [1.165, 1.54) is 10.9 Å². The van der Waals surface area contributed by atoms with Gasteiger partial charge in [0.25, 0.3) is 0 Å². The van der Waals surface area contributed by atoms with Crippen molar-refractivity contribution in [1.29, 1.82) is 0 Å². The van der Waals surface area contributed by atoms with E-state index >= 15 is 0 Å². The minimum atomic E-state index is 0.675. The molecule has 0 amide bonds. The fourth-order valence-electron chi connectivity index (χ4n) is 2.28. The molecule has 0 aliphatic carbocycles. The van der Waals surface area contributed by atoms with Crippen molar-refractivity contribution in [2.75, 3.05) is 6.54 Å². The van der Waals surface area contributed by atoms with E-state index in [4.69, 9.17) is 10.7 Å². The number of hydrogen-bond acceptors (Lipinski definition) is 2. The fraction of sp³-hybridized carbons (Fsp3) is 0.118. The SMILES string of the molecule is NCCc1cccc(-c2ccc3ccccc3n2)c1. The predicted octanol–water partition coefficient (Wildman–Crippen LogP) is 3.40. The summed E-state index contributed by atoms with van der Waals surface area (Å²) in [6.45, 7) is 0.675. The lowest BCUT2D eigenvalue weighted by Gasteiger charge is -2.05. The molecule has 0 saturated carbocycles. The van der Waals surface area contributed by atoms with Crippen molar-refractivity contribution in [3.05, 3.63) is 66.2 Å². The largest absolute Gasteiger partial charge is 0.330 e. The third-order valence-corrected chi connectivity index (χ3v) is 3.25. The number of benzene rings is 2. The molecule has 0 fully saturated rings. The molecule has 3 rings (SSSR count). The first-order valence-electron chi connectivity index (χ1n) is 6.52. The van der Waals surface area contributed by atoms with Gasteiger partial charge in [0, 0.05) is 10.9 Å². The van der Waals surface area contributed by atoms with E-state index in [9.17, 15) is 0 Å². The number of para-hydroxylation sites is 1. The Bertz CT molecular complexity index is 704. The Hall–Kier alpha value is -2.19. The molecule has 1 aromatic heterocycles. The molecule has 0 bridgehead atoms. The van der Waals surface area contributed by atoms with Gasteiger partial charge in [0.05, 0.1) is 11.2 Å². The smallest absolute Gasteiger partial charge is 0.0709 e. The fourth-order valence-corrected chi connectivity index (χ4v) is 2.28. The van der Waals surface area contributed by atoms with Crippen LogP contribution in [-0.4, -0.2) is 11.5 Å². The standard InChI is InChI=1S/C17H16N2/c18-11-10-13-4-3-6-15(12-13)17-9-8-14-5-1-2-7-16(14)19-17/h1-9,12H,10-11,18H2. The highest BCUT2D eigenvalue weighted by molar-refractivity contribution is 5.81. The monoisotopic (exact) mass is 248 g/mol. The molecular weight excluding hydrogens is 232 g/mol. The van der Waals surface area contributed by atoms with Crippen molar-refractivity contribution < 1.29 is 0 Å². The maximum atomic E-state index is 5.61. The van der Waals surface area contributed by atoms with Crippen LogP contribution >= 0.6 is 0 Å². The highest BCUT2D eigenvalue weighted by Gasteiger charge is 2.02. The number of fused-ring (bicyclic) bond motifs is 1.